The van der Waals surface area contributed by atoms with Crippen molar-refractivity contribution in [3.8, 4) is 0 Å². The molecule has 7 nitrogen and oxygen atoms in total. The summed E-state index contributed by atoms with van der Waals surface area (Å²) in [5.74, 6) is -1.67. The quantitative estimate of drug-likeness (QED) is 0.593. The number of nitrogens with one attached hydrogen (secondary N) is 2. The summed E-state index contributed by atoms with van der Waals surface area (Å²) in [6.45, 7) is 0.164. The first-order valence-corrected chi connectivity index (χ1v) is 5.52. The van der Waals surface area contributed by atoms with Gasteiger partial charge in [-0.2, -0.15) is 0 Å². The molecule has 1 saturated heterocycles. The molecule has 0 aliphatic carbocycles. The van der Waals surface area contributed by atoms with Gasteiger partial charge >= 0.3 is 11.8 Å². The molecule has 1 fully saturated rings. The number of thioether (sulfide) groups is 1. The predicted molar refractivity (Wildman–Crippen MR) is 56.6 cm³/mol. The minimum Gasteiger partial charge on any atom is -0.351 e. The van der Waals surface area contributed by atoms with Crippen molar-refractivity contribution < 1.29 is 19.2 Å². The average molecular weight is 245 g/mol. The Morgan fingerprint density at radius 2 is 2.06 bits per heavy atom. The zero-order valence-corrected chi connectivity index (χ0v) is 9.43. The van der Waals surface area contributed by atoms with Gasteiger partial charge in [0.1, 0.15) is 0 Å². The zero-order chi connectivity index (χ0) is 12.1. The van der Waals surface area contributed by atoms with E-state index in [0.29, 0.717) is 0 Å². The van der Waals surface area contributed by atoms with Crippen molar-refractivity contribution in [2.24, 2.45) is 0 Å². The smallest absolute Gasteiger partial charge is 0.309 e. The van der Waals surface area contributed by atoms with Crippen molar-refractivity contribution in [1.82, 2.24) is 15.5 Å². The minimum atomic E-state index is -0.783. The highest BCUT2D eigenvalue weighted by Gasteiger charge is 2.29. The van der Waals surface area contributed by atoms with Crippen LogP contribution in [0.3, 0.4) is 0 Å². The third-order valence-corrected chi connectivity index (χ3v) is 2.75. The molecule has 1 heterocycles. The summed E-state index contributed by atoms with van der Waals surface area (Å²) in [6, 6.07) is 0. The second-order valence-corrected chi connectivity index (χ2v) is 3.86. The number of carbonyl (C=O) groups is 4. The lowest BCUT2D eigenvalue weighted by molar-refractivity contribution is -0.138. The predicted octanol–water partition coefficient (Wildman–Crippen LogP) is -1.46. The van der Waals surface area contributed by atoms with Crippen molar-refractivity contribution in [2.75, 3.05) is 25.9 Å². The summed E-state index contributed by atoms with van der Waals surface area (Å²) in [4.78, 5) is 45.1. The topological polar surface area (TPSA) is 95.6 Å². The lowest BCUT2D eigenvalue weighted by atomic mass is 10.4. The van der Waals surface area contributed by atoms with E-state index in [-0.39, 0.29) is 30.0 Å². The van der Waals surface area contributed by atoms with Crippen LogP contribution in [0.4, 0.5) is 4.79 Å². The Morgan fingerprint density at radius 3 is 2.56 bits per heavy atom. The Morgan fingerprint density at radius 1 is 1.38 bits per heavy atom. The van der Waals surface area contributed by atoms with Crippen molar-refractivity contribution in [3.63, 3.8) is 0 Å². The van der Waals surface area contributed by atoms with Crippen LogP contribution in [0.15, 0.2) is 0 Å². The monoisotopic (exact) mass is 245 g/mol. The standard InChI is InChI=1S/C8H11N3O4S/c1-9-6(13)7(14)10-2-3-11-5(12)4-16-8(11)15/h2-4H2,1H3,(H,9,13)(H,10,14). The van der Waals surface area contributed by atoms with Crippen molar-refractivity contribution >= 4 is 34.7 Å². The van der Waals surface area contributed by atoms with Crippen molar-refractivity contribution in [3.05, 3.63) is 0 Å². The molecule has 1 aliphatic rings. The minimum absolute atomic E-state index is 0.0737. The van der Waals surface area contributed by atoms with Gasteiger partial charge in [0.15, 0.2) is 0 Å². The number of hydrogen-bond acceptors (Lipinski definition) is 5. The summed E-state index contributed by atoms with van der Waals surface area (Å²) < 4.78 is 0. The number of rotatable bonds is 3. The molecule has 0 aromatic heterocycles. The van der Waals surface area contributed by atoms with Gasteiger partial charge in [-0.3, -0.25) is 24.1 Å². The van der Waals surface area contributed by atoms with E-state index in [4.69, 9.17) is 0 Å². The van der Waals surface area contributed by atoms with Crippen LogP contribution in [0.5, 0.6) is 0 Å². The normalized spacial score (nSPS) is 15.2. The van der Waals surface area contributed by atoms with Gasteiger partial charge in [0.05, 0.1) is 5.75 Å². The maximum Gasteiger partial charge on any atom is 0.309 e. The van der Waals surface area contributed by atoms with Crippen LogP contribution in [0.1, 0.15) is 0 Å². The van der Waals surface area contributed by atoms with Crippen LogP contribution in [-0.2, 0) is 14.4 Å². The first-order valence-electron chi connectivity index (χ1n) is 4.53. The Balaban J connectivity index is 2.30. The van der Waals surface area contributed by atoms with Gasteiger partial charge in [0.2, 0.25) is 5.91 Å². The van der Waals surface area contributed by atoms with Gasteiger partial charge in [-0.1, -0.05) is 11.8 Å². The van der Waals surface area contributed by atoms with E-state index < -0.39 is 11.8 Å². The highest BCUT2D eigenvalue weighted by Crippen LogP contribution is 2.17. The summed E-state index contributed by atoms with van der Waals surface area (Å²) in [5.41, 5.74) is 0. The fourth-order valence-electron chi connectivity index (χ4n) is 1.07. The fourth-order valence-corrected chi connectivity index (χ4v) is 1.82. The first-order chi connectivity index (χ1) is 7.56. The number of imide groups is 1. The molecule has 4 amide bonds. The molecule has 0 radical (unpaired) electrons. The van der Waals surface area contributed by atoms with Gasteiger partial charge in [-0.25, -0.2) is 0 Å². The molecular weight excluding hydrogens is 234 g/mol. The third kappa shape index (κ3) is 2.96. The maximum absolute atomic E-state index is 11.1. The number of likely N-dealkylation sites (N-methyl/N-ethyl adjacent to an activating group) is 1. The number of amides is 4. The molecule has 0 atom stereocenters. The molecule has 0 spiro atoms. The van der Waals surface area contributed by atoms with E-state index in [1.807, 2.05) is 0 Å². The second-order valence-electron chi connectivity index (χ2n) is 2.93. The molecule has 0 saturated carbocycles. The molecule has 0 unspecified atom stereocenters. The van der Waals surface area contributed by atoms with Gasteiger partial charge in [0, 0.05) is 20.1 Å². The lowest BCUT2D eigenvalue weighted by Gasteiger charge is -2.12. The summed E-state index contributed by atoms with van der Waals surface area (Å²) in [7, 11) is 1.34. The molecule has 0 aromatic rings. The first kappa shape index (κ1) is 12.5. The Hall–Kier alpha value is -1.57. The molecule has 0 aromatic carbocycles. The third-order valence-electron chi connectivity index (χ3n) is 1.89. The van der Waals surface area contributed by atoms with Crippen LogP contribution in [-0.4, -0.2) is 53.8 Å². The van der Waals surface area contributed by atoms with Crippen LogP contribution >= 0.6 is 11.8 Å². The zero-order valence-electron chi connectivity index (χ0n) is 8.61. The van der Waals surface area contributed by atoms with Crippen molar-refractivity contribution in [1.29, 1.82) is 0 Å². The number of nitrogens with zero attached hydrogens (tertiary/aromatic N) is 1. The van der Waals surface area contributed by atoms with E-state index in [2.05, 4.69) is 10.6 Å². The molecule has 1 aliphatic heterocycles. The highest BCUT2D eigenvalue weighted by atomic mass is 32.2. The Labute approximate surface area is 95.9 Å². The van der Waals surface area contributed by atoms with Crippen molar-refractivity contribution in [2.45, 2.75) is 0 Å². The summed E-state index contributed by atoms with van der Waals surface area (Å²) >= 11 is 0.929. The number of carbonyl (C=O) groups excluding carboxylic acids is 4. The van der Waals surface area contributed by atoms with Gasteiger partial charge < -0.3 is 10.6 Å². The Bertz CT molecular complexity index is 328. The largest absolute Gasteiger partial charge is 0.351 e. The molecular formula is C8H11N3O4S. The lowest BCUT2D eigenvalue weighted by Crippen LogP contribution is -2.42. The maximum atomic E-state index is 11.1. The SMILES string of the molecule is CNC(=O)C(=O)NCCN1C(=O)CSC1=O. The molecule has 0 bridgehead atoms. The fraction of sp³-hybridized carbons (Fsp3) is 0.500. The van der Waals surface area contributed by atoms with Gasteiger partial charge in [-0.05, 0) is 0 Å². The van der Waals surface area contributed by atoms with Gasteiger partial charge in [-0.15, -0.1) is 0 Å². The molecule has 8 heteroatoms. The molecule has 2 N–H and O–H groups in total. The average Bonchev–Trinajstić information content (AvgIpc) is 2.59. The molecule has 88 valence electrons. The molecule has 16 heavy (non-hydrogen) atoms. The van der Waals surface area contributed by atoms with E-state index in [1.165, 1.54) is 7.05 Å². The van der Waals surface area contributed by atoms with E-state index >= 15 is 0 Å². The van der Waals surface area contributed by atoms with Crippen LogP contribution in [0, 0.1) is 0 Å². The summed E-state index contributed by atoms with van der Waals surface area (Å²) in [5, 5.41) is 4.13. The van der Waals surface area contributed by atoms with Crippen LogP contribution < -0.4 is 10.6 Å². The van der Waals surface area contributed by atoms with Gasteiger partial charge in [0.25, 0.3) is 5.24 Å². The van der Waals surface area contributed by atoms with E-state index in [0.717, 1.165) is 16.7 Å². The highest BCUT2D eigenvalue weighted by molar-refractivity contribution is 8.14. The number of hydrogen-bond donors (Lipinski definition) is 2. The summed E-state index contributed by atoms with van der Waals surface area (Å²) in [6.07, 6.45) is 0. The second kappa shape index (κ2) is 5.50. The van der Waals surface area contributed by atoms with Crippen LogP contribution in [0.25, 0.3) is 0 Å². The molecule has 1 rings (SSSR count). The van der Waals surface area contributed by atoms with E-state index in [9.17, 15) is 19.2 Å². The van der Waals surface area contributed by atoms with E-state index in [1.54, 1.807) is 0 Å². The Kier molecular flexibility index (Phi) is 4.29. The van der Waals surface area contributed by atoms with Crippen LogP contribution in [0.2, 0.25) is 0 Å².